The first-order valence-electron chi connectivity index (χ1n) is 12.4. The third kappa shape index (κ3) is 5.91. The van der Waals surface area contributed by atoms with Crippen LogP contribution in [0.15, 0.2) is 72.8 Å². The largest absolute Gasteiger partial charge is 0.504 e. The van der Waals surface area contributed by atoms with Gasteiger partial charge in [-0.25, -0.2) is 0 Å². The number of nitrogens with zero attached hydrogens (tertiary/aromatic N) is 4. The van der Waals surface area contributed by atoms with Crippen LogP contribution in [-0.2, 0) is 0 Å². The SMILES string of the molecule is Cc1cc(-c2c(C#N)cc(O)c(O)c2C#N)ccc1Cl.N#Cc1cc(O)c(O)c(C#N)c1-c1ccc(-c2ccccc2)s1. The van der Waals surface area contributed by atoms with E-state index >= 15 is 0 Å². The molecule has 1 heterocycles. The third-order valence-corrected chi connectivity index (χ3v) is 7.96. The Morgan fingerprint density at radius 2 is 1.14 bits per heavy atom. The molecule has 5 aromatic rings. The van der Waals surface area contributed by atoms with Crippen molar-refractivity contribution >= 4 is 22.9 Å². The van der Waals surface area contributed by atoms with E-state index in [0.717, 1.165) is 22.1 Å². The maximum absolute atomic E-state index is 9.91. The number of nitriles is 4. The minimum atomic E-state index is -0.533. The number of hydrogen-bond donors (Lipinski definition) is 4. The second kappa shape index (κ2) is 12.7. The van der Waals surface area contributed by atoms with Crippen LogP contribution >= 0.6 is 22.9 Å². The Morgan fingerprint density at radius 1 is 0.605 bits per heavy atom. The first-order chi connectivity index (χ1) is 20.6. The molecule has 0 amide bonds. The fourth-order valence-corrected chi connectivity index (χ4v) is 5.49. The molecule has 43 heavy (non-hydrogen) atoms. The van der Waals surface area contributed by atoms with Crippen LogP contribution in [0.2, 0.25) is 5.02 Å². The van der Waals surface area contributed by atoms with Gasteiger partial charge in [-0.2, -0.15) is 21.0 Å². The zero-order valence-corrected chi connectivity index (χ0v) is 23.9. The predicted octanol–water partition coefficient (Wildman–Crippen LogP) is 7.71. The lowest BCUT2D eigenvalue weighted by Crippen LogP contribution is -1.92. The zero-order valence-electron chi connectivity index (χ0n) is 22.3. The summed E-state index contributed by atoms with van der Waals surface area (Å²) in [6.45, 7) is 1.80. The van der Waals surface area contributed by atoms with E-state index in [4.69, 9.17) is 16.9 Å². The van der Waals surface area contributed by atoms with Gasteiger partial charge in [0.25, 0.3) is 0 Å². The van der Waals surface area contributed by atoms with Gasteiger partial charge < -0.3 is 20.4 Å². The van der Waals surface area contributed by atoms with E-state index in [9.17, 15) is 36.2 Å². The molecule has 0 spiro atoms. The summed E-state index contributed by atoms with van der Waals surface area (Å²) in [7, 11) is 0. The fourth-order valence-electron chi connectivity index (χ4n) is 4.30. The van der Waals surface area contributed by atoms with Gasteiger partial charge >= 0.3 is 0 Å². The summed E-state index contributed by atoms with van der Waals surface area (Å²) in [5.41, 5.74) is 3.05. The first-order valence-corrected chi connectivity index (χ1v) is 13.5. The van der Waals surface area contributed by atoms with Crippen molar-refractivity contribution in [2.24, 2.45) is 0 Å². The summed E-state index contributed by atoms with van der Waals surface area (Å²) in [6.07, 6.45) is 0. The van der Waals surface area contributed by atoms with Crippen LogP contribution in [-0.4, -0.2) is 20.4 Å². The van der Waals surface area contributed by atoms with Crippen LogP contribution < -0.4 is 0 Å². The summed E-state index contributed by atoms with van der Waals surface area (Å²) >= 11 is 7.37. The summed E-state index contributed by atoms with van der Waals surface area (Å²) in [5, 5.41) is 76.4. The van der Waals surface area contributed by atoms with E-state index < -0.39 is 23.0 Å². The zero-order chi connectivity index (χ0) is 31.3. The van der Waals surface area contributed by atoms with Crippen molar-refractivity contribution < 1.29 is 20.4 Å². The van der Waals surface area contributed by atoms with Crippen molar-refractivity contribution in [2.75, 3.05) is 0 Å². The molecule has 0 aliphatic carbocycles. The highest BCUT2D eigenvalue weighted by atomic mass is 35.5. The average Bonchev–Trinajstić information content (AvgIpc) is 3.51. The molecule has 0 aliphatic rings. The molecule has 0 radical (unpaired) electrons. The molecule has 0 saturated carbocycles. The minimum absolute atomic E-state index is 0.0944. The van der Waals surface area contributed by atoms with E-state index in [1.807, 2.05) is 60.7 Å². The highest BCUT2D eigenvalue weighted by Crippen LogP contribution is 2.43. The van der Waals surface area contributed by atoms with Gasteiger partial charge in [-0.05, 0) is 47.9 Å². The highest BCUT2D eigenvalue weighted by Gasteiger charge is 2.21. The first kappa shape index (κ1) is 30.0. The Kier molecular flexibility index (Phi) is 8.85. The van der Waals surface area contributed by atoms with Gasteiger partial charge in [0.2, 0.25) is 0 Å². The van der Waals surface area contributed by atoms with Crippen molar-refractivity contribution in [1.29, 1.82) is 21.0 Å². The lowest BCUT2D eigenvalue weighted by atomic mass is 9.93. The molecule has 0 bridgehead atoms. The number of benzene rings is 4. The lowest BCUT2D eigenvalue weighted by Gasteiger charge is -2.11. The molecule has 4 N–H and O–H groups in total. The van der Waals surface area contributed by atoms with Crippen LogP contribution in [0.4, 0.5) is 0 Å². The van der Waals surface area contributed by atoms with E-state index in [1.54, 1.807) is 31.2 Å². The number of phenols is 4. The molecule has 0 unspecified atom stereocenters. The summed E-state index contributed by atoms with van der Waals surface area (Å²) < 4.78 is 0. The minimum Gasteiger partial charge on any atom is -0.504 e. The number of aromatic hydroxyl groups is 4. The Balaban J connectivity index is 0.000000199. The molecule has 1 aromatic heterocycles. The fraction of sp³-hybridized carbons (Fsp3) is 0.0303. The van der Waals surface area contributed by atoms with Gasteiger partial charge in [0.05, 0.1) is 23.3 Å². The van der Waals surface area contributed by atoms with Crippen LogP contribution in [0.3, 0.4) is 0 Å². The second-order valence-corrected chi connectivity index (χ2v) is 10.5. The monoisotopic (exact) mass is 602 g/mol. The number of halogens is 1. The summed E-state index contributed by atoms with van der Waals surface area (Å²) in [6, 6.07) is 28.4. The molecule has 4 aromatic carbocycles. The van der Waals surface area contributed by atoms with Gasteiger partial charge in [0.1, 0.15) is 23.3 Å². The molecule has 0 fully saturated rings. The molecular weight excluding hydrogens is 584 g/mol. The summed E-state index contributed by atoms with van der Waals surface area (Å²) in [4.78, 5) is 1.67. The third-order valence-electron chi connectivity index (χ3n) is 6.38. The Hall–Kier alpha value is -5.97. The predicted molar refractivity (Wildman–Crippen MR) is 162 cm³/mol. The van der Waals surface area contributed by atoms with Crippen LogP contribution in [0.5, 0.6) is 23.0 Å². The van der Waals surface area contributed by atoms with Crippen LogP contribution in [0, 0.1) is 52.2 Å². The quantitative estimate of drug-likeness (QED) is 0.152. The van der Waals surface area contributed by atoms with Gasteiger partial charge in [0.15, 0.2) is 23.0 Å². The average molecular weight is 603 g/mol. The topological polar surface area (TPSA) is 176 Å². The summed E-state index contributed by atoms with van der Waals surface area (Å²) in [5.74, 6) is -2.00. The highest BCUT2D eigenvalue weighted by molar-refractivity contribution is 7.18. The molecule has 10 heteroatoms. The number of thiophene rings is 1. The van der Waals surface area contributed by atoms with Crippen molar-refractivity contribution in [3.63, 3.8) is 0 Å². The molecule has 8 nitrogen and oxygen atoms in total. The maximum Gasteiger partial charge on any atom is 0.176 e. The van der Waals surface area contributed by atoms with Crippen LogP contribution in [0.1, 0.15) is 27.8 Å². The van der Waals surface area contributed by atoms with Crippen molar-refractivity contribution in [2.45, 2.75) is 6.92 Å². The van der Waals surface area contributed by atoms with E-state index in [0.29, 0.717) is 21.0 Å². The number of phenolic OH excluding ortho intramolecular Hbond substituents is 4. The molecule has 208 valence electrons. The van der Waals surface area contributed by atoms with Crippen LogP contribution in [0.25, 0.3) is 32.0 Å². The normalized spacial score (nSPS) is 9.91. The van der Waals surface area contributed by atoms with E-state index in [1.165, 1.54) is 17.4 Å². The molecule has 5 rings (SSSR count). The van der Waals surface area contributed by atoms with Crippen molar-refractivity contribution in [3.05, 3.63) is 106 Å². The number of aryl methyl sites for hydroxylation is 1. The van der Waals surface area contributed by atoms with Crippen molar-refractivity contribution in [1.82, 2.24) is 0 Å². The number of hydrogen-bond acceptors (Lipinski definition) is 9. The molecule has 0 atom stereocenters. The standard InChI is InChI=1S/C18H10N2O2S.C15H9ClN2O2/c19-9-12-8-14(21)18(22)13(10-20)17(12)16-7-6-15(23-16)11-4-2-1-3-5-11;1-8-4-9(2-3-12(8)16)14-10(6-17)5-13(19)15(20)11(14)7-18/h1-8,21-22H;2-5,19-20H,1H3. The Bertz CT molecular complexity index is 2050. The smallest absolute Gasteiger partial charge is 0.176 e. The van der Waals surface area contributed by atoms with Gasteiger partial charge in [-0.3, -0.25) is 0 Å². The van der Waals surface area contributed by atoms with Gasteiger partial charge in [-0.15, -0.1) is 11.3 Å². The molecule has 0 aliphatic heterocycles. The Morgan fingerprint density at radius 3 is 1.67 bits per heavy atom. The maximum atomic E-state index is 9.91. The van der Waals surface area contributed by atoms with Gasteiger partial charge in [0, 0.05) is 38.0 Å². The Labute approximate surface area is 255 Å². The van der Waals surface area contributed by atoms with E-state index in [-0.39, 0.29) is 27.8 Å². The van der Waals surface area contributed by atoms with Gasteiger partial charge in [-0.1, -0.05) is 48.0 Å². The number of rotatable bonds is 3. The van der Waals surface area contributed by atoms with E-state index in [2.05, 4.69) is 0 Å². The second-order valence-electron chi connectivity index (χ2n) is 9.02. The van der Waals surface area contributed by atoms with Crippen molar-refractivity contribution in [3.8, 4) is 79.3 Å². The molecular formula is C33H19ClN4O4S. The molecule has 0 saturated heterocycles. The lowest BCUT2D eigenvalue weighted by molar-refractivity contribution is 0.402.